The molecule has 0 aliphatic rings. The van der Waals surface area contributed by atoms with Crippen molar-refractivity contribution in [3.8, 4) is 11.8 Å². The predicted molar refractivity (Wildman–Crippen MR) is 114 cm³/mol. The van der Waals surface area contributed by atoms with E-state index in [0.29, 0.717) is 11.5 Å². The van der Waals surface area contributed by atoms with E-state index >= 15 is 0 Å². The highest BCUT2D eigenvalue weighted by Gasteiger charge is 2.10. The van der Waals surface area contributed by atoms with E-state index in [1.165, 1.54) is 12.1 Å². The molecule has 2 heterocycles. The van der Waals surface area contributed by atoms with E-state index in [1.54, 1.807) is 16.6 Å². The fourth-order valence-electron chi connectivity index (χ4n) is 3.09. The second-order valence-electron chi connectivity index (χ2n) is 6.62. The summed E-state index contributed by atoms with van der Waals surface area (Å²) in [5, 5.41) is 12.9. The van der Waals surface area contributed by atoms with Gasteiger partial charge in [0.25, 0.3) is 0 Å². The van der Waals surface area contributed by atoms with E-state index < -0.39 is 0 Å². The number of hydrogen-bond acceptors (Lipinski definition) is 4. The molecule has 3 aromatic carbocycles. The lowest BCUT2D eigenvalue weighted by atomic mass is 10.1. The fourth-order valence-corrected chi connectivity index (χ4v) is 3.09. The number of tetrazole rings is 1. The Kier molecular flexibility index (Phi) is 4.47. The molecule has 0 saturated heterocycles. The van der Waals surface area contributed by atoms with E-state index in [9.17, 15) is 4.39 Å². The Balaban J connectivity index is 1.56. The maximum absolute atomic E-state index is 13.0. The number of aromatic nitrogens is 5. The summed E-state index contributed by atoms with van der Waals surface area (Å²) in [5.74, 6) is 6.49. The molecule has 0 atom stereocenters. The summed E-state index contributed by atoms with van der Waals surface area (Å²) >= 11 is 0. The van der Waals surface area contributed by atoms with Crippen LogP contribution in [-0.4, -0.2) is 25.0 Å². The fraction of sp³-hybridized carbons (Fsp3) is 0. The zero-order chi connectivity index (χ0) is 20.3. The van der Waals surface area contributed by atoms with Crippen molar-refractivity contribution in [3.63, 3.8) is 0 Å². The third-order valence-corrected chi connectivity index (χ3v) is 4.58. The van der Waals surface area contributed by atoms with Gasteiger partial charge in [0.2, 0.25) is 0 Å². The Hall–Kier alpha value is -4.37. The lowest BCUT2D eigenvalue weighted by Crippen LogP contribution is -1.99. The Morgan fingerprint density at radius 2 is 1.60 bits per heavy atom. The highest BCUT2D eigenvalue weighted by Crippen LogP contribution is 2.20. The maximum Gasteiger partial charge on any atom is 0.191 e. The monoisotopic (exact) mass is 391 g/mol. The molecule has 5 rings (SSSR count). The van der Waals surface area contributed by atoms with E-state index in [1.807, 2.05) is 60.7 Å². The van der Waals surface area contributed by atoms with Gasteiger partial charge < -0.3 is 0 Å². The molecule has 142 valence electrons. The largest absolute Gasteiger partial charge is 0.228 e. The highest BCUT2D eigenvalue weighted by atomic mass is 19.1. The third-order valence-electron chi connectivity index (χ3n) is 4.58. The average Bonchev–Trinajstić information content (AvgIpc) is 3.28. The Morgan fingerprint density at radius 1 is 0.833 bits per heavy atom. The molecule has 5 aromatic rings. The van der Waals surface area contributed by atoms with Crippen molar-refractivity contribution in [1.29, 1.82) is 0 Å². The summed E-state index contributed by atoms with van der Waals surface area (Å²) in [4.78, 5) is 4.70. The molecule has 5 nitrogen and oxygen atoms in total. The van der Waals surface area contributed by atoms with Crippen molar-refractivity contribution in [2.45, 2.75) is 0 Å². The lowest BCUT2D eigenvalue weighted by Gasteiger charge is -2.03. The summed E-state index contributed by atoms with van der Waals surface area (Å²) in [6, 6.07) is 21.8. The minimum atomic E-state index is -0.281. The Labute approximate surface area is 171 Å². The summed E-state index contributed by atoms with van der Waals surface area (Å²) in [5.41, 5.74) is 3.99. The van der Waals surface area contributed by atoms with Gasteiger partial charge in [0.1, 0.15) is 5.82 Å². The molecule has 0 amide bonds. The molecular weight excluding hydrogens is 377 g/mol. The zero-order valence-electron chi connectivity index (χ0n) is 15.7. The Morgan fingerprint density at radius 3 is 2.43 bits per heavy atom. The van der Waals surface area contributed by atoms with Crippen molar-refractivity contribution in [1.82, 2.24) is 25.0 Å². The molecule has 0 N–H and O–H groups in total. The van der Waals surface area contributed by atoms with Crippen LogP contribution in [0.5, 0.6) is 0 Å². The van der Waals surface area contributed by atoms with Crippen LogP contribution < -0.4 is 0 Å². The van der Waals surface area contributed by atoms with Crippen LogP contribution in [0.4, 0.5) is 4.39 Å². The molecule has 0 radical (unpaired) electrons. The van der Waals surface area contributed by atoms with Gasteiger partial charge in [-0.3, -0.25) is 0 Å². The average molecular weight is 391 g/mol. The predicted octanol–water partition coefficient (Wildman–Crippen LogP) is 4.38. The maximum atomic E-state index is 13.0. The molecule has 0 unspecified atom stereocenters. The second kappa shape index (κ2) is 7.57. The minimum Gasteiger partial charge on any atom is -0.228 e. The number of nitrogens with zero attached hydrogens (tertiary/aromatic N) is 5. The van der Waals surface area contributed by atoms with Crippen molar-refractivity contribution >= 4 is 28.7 Å². The quantitative estimate of drug-likeness (QED) is 0.419. The summed E-state index contributed by atoms with van der Waals surface area (Å²) in [7, 11) is 0. The lowest BCUT2D eigenvalue weighted by molar-refractivity contribution is 0.627. The first-order valence-corrected chi connectivity index (χ1v) is 9.29. The first-order valence-electron chi connectivity index (χ1n) is 9.29. The third kappa shape index (κ3) is 3.52. The van der Waals surface area contributed by atoms with Crippen LogP contribution in [0.25, 0.3) is 28.7 Å². The van der Waals surface area contributed by atoms with Crippen molar-refractivity contribution < 1.29 is 4.39 Å². The van der Waals surface area contributed by atoms with E-state index in [2.05, 4.69) is 27.4 Å². The van der Waals surface area contributed by atoms with Gasteiger partial charge in [0.05, 0.1) is 5.52 Å². The van der Waals surface area contributed by atoms with Crippen LogP contribution in [0.1, 0.15) is 22.5 Å². The number of fused-ring (bicyclic) bond motifs is 3. The van der Waals surface area contributed by atoms with Gasteiger partial charge in [-0.1, -0.05) is 48.2 Å². The number of rotatable bonds is 2. The standard InChI is InChI=1S/C24H14FN5/c25-20-12-8-18(9-13-20)6-7-19-10-14-22-21(16-19)24-27-28-29-30(24)23(26-22)15-11-17-4-2-1-3-5-17/h1-5,8-16H/b15-11+. The molecule has 0 spiro atoms. The second-order valence-corrected chi connectivity index (χ2v) is 6.62. The molecule has 2 aromatic heterocycles. The molecule has 0 aliphatic heterocycles. The Bertz CT molecular complexity index is 1440. The van der Waals surface area contributed by atoms with Crippen LogP contribution in [0, 0.1) is 17.7 Å². The van der Waals surface area contributed by atoms with Crippen LogP contribution in [0.2, 0.25) is 0 Å². The van der Waals surface area contributed by atoms with Gasteiger partial charge in [-0.2, -0.15) is 4.52 Å². The van der Waals surface area contributed by atoms with Crippen LogP contribution in [0.15, 0.2) is 72.8 Å². The first kappa shape index (κ1) is 17.7. The number of hydrogen-bond donors (Lipinski definition) is 0. The molecule has 6 heteroatoms. The first-order chi connectivity index (χ1) is 14.8. The smallest absolute Gasteiger partial charge is 0.191 e. The molecular formula is C24H14FN5. The minimum absolute atomic E-state index is 0.281. The van der Waals surface area contributed by atoms with Crippen LogP contribution >= 0.6 is 0 Å². The van der Waals surface area contributed by atoms with Gasteiger partial charge in [0.15, 0.2) is 11.5 Å². The number of benzene rings is 3. The van der Waals surface area contributed by atoms with E-state index in [-0.39, 0.29) is 5.82 Å². The zero-order valence-corrected chi connectivity index (χ0v) is 15.7. The molecule has 0 aliphatic carbocycles. The van der Waals surface area contributed by atoms with Crippen LogP contribution in [-0.2, 0) is 0 Å². The SMILES string of the molecule is Fc1ccc(C#Cc2ccc3nc(/C=C/c4ccccc4)n4nnnc4c3c2)cc1. The highest BCUT2D eigenvalue weighted by molar-refractivity contribution is 5.93. The van der Waals surface area contributed by atoms with E-state index in [0.717, 1.165) is 27.6 Å². The molecule has 0 saturated carbocycles. The van der Waals surface area contributed by atoms with Gasteiger partial charge >= 0.3 is 0 Å². The van der Waals surface area contributed by atoms with Crippen molar-refractivity contribution in [3.05, 3.63) is 101 Å². The van der Waals surface area contributed by atoms with Crippen molar-refractivity contribution in [2.75, 3.05) is 0 Å². The van der Waals surface area contributed by atoms with Gasteiger partial charge in [-0.05, 0) is 64.5 Å². The normalized spacial score (nSPS) is 11.1. The summed E-state index contributed by atoms with van der Waals surface area (Å²) in [6.07, 6.45) is 3.86. The van der Waals surface area contributed by atoms with Gasteiger partial charge in [-0.25, -0.2) is 9.37 Å². The summed E-state index contributed by atoms with van der Waals surface area (Å²) in [6.45, 7) is 0. The molecule has 0 fully saturated rings. The number of halogens is 1. The van der Waals surface area contributed by atoms with E-state index in [4.69, 9.17) is 4.98 Å². The van der Waals surface area contributed by atoms with Crippen molar-refractivity contribution in [2.24, 2.45) is 0 Å². The topological polar surface area (TPSA) is 56.0 Å². The van der Waals surface area contributed by atoms with Gasteiger partial charge in [0, 0.05) is 16.5 Å². The molecule has 0 bridgehead atoms. The van der Waals surface area contributed by atoms with Gasteiger partial charge in [-0.15, -0.1) is 5.10 Å². The summed E-state index contributed by atoms with van der Waals surface area (Å²) < 4.78 is 14.7. The van der Waals surface area contributed by atoms with Crippen LogP contribution in [0.3, 0.4) is 0 Å². The molecule has 30 heavy (non-hydrogen) atoms.